The zero-order valence-corrected chi connectivity index (χ0v) is 21.9. The number of rotatable bonds is 7. The predicted molar refractivity (Wildman–Crippen MR) is 140 cm³/mol. The standard InChI is InChI=1S/C28H29N3O5S/c1-18(2)20-7-9-21(10-8-20)25-24(27(33)28(34)31(25)17-19-6-5-15-29-16-19)26(32)22-11-13-23(14-12-22)37(35,36)30(3)4/h5-16,18,25,32H,17H2,1-4H3/b26-24-. The van der Waals surface area contributed by atoms with E-state index in [-0.39, 0.29) is 28.3 Å². The van der Waals surface area contributed by atoms with Gasteiger partial charge in [0.05, 0.1) is 16.5 Å². The van der Waals surface area contributed by atoms with Crippen LogP contribution in [-0.4, -0.2) is 53.5 Å². The Kier molecular flexibility index (Phi) is 7.29. The number of likely N-dealkylation sites (tertiary alicyclic amines) is 1. The third kappa shape index (κ3) is 5.05. The van der Waals surface area contributed by atoms with Crippen molar-refractivity contribution >= 4 is 27.5 Å². The van der Waals surface area contributed by atoms with Crippen molar-refractivity contribution in [3.8, 4) is 0 Å². The van der Waals surface area contributed by atoms with Crippen LogP contribution in [0.4, 0.5) is 0 Å². The number of pyridine rings is 1. The van der Waals surface area contributed by atoms with Gasteiger partial charge < -0.3 is 10.0 Å². The number of aromatic nitrogens is 1. The normalized spacial score (nSPS) is 17.7. The minimum atomic E-state index is -3.67. The van der Waals surface area contributed by atoms with Crippen LogP contribution >= 0.6 is 0 Å². The Hall–Kier alpha value is -3.82. The third-order valence-electron chi connectivity index (χ3n) is 6.44. The van der Waals surface area contributed by atoms with Crippen molar-refractivity contribution in [3.05, 3.63) is 101 Å². The molecule has 4 rings (SSSR count). The van der Waals surface area contributed by atoms with Gasteiger partial charge in [0.15, 0.2) is 0 Å². The molecule has 192 valence electrons. The van der Waals surface area contributed by atoms with Crippen LogP contribution in [0.25, 0.3) is 5.76 Å². The van der Waals surface area contributed by atoms with E-state index in [9.17, 15) is 23.1 Å². The van der Waals surface area contributed by atoms with E-state index < -0.39 is 27.8 Å². The van der Waals surface area contributed by atoms with Gasteiger partial charge in [-0.3, -0.25) is 14.6 Å². The SMILES string of the molecule is CC(C)c1ccc(C2/C(=C(/O)c3ccc(S(=O)(=O)N(C)C)cc3)C(=O)C(=O)N2Cc2cccnc2)cc1. The molecule has 0 bridgehead atoms. The number of Topliss-reactive ketones (excluding diaryl/α,β-unsaturated/α-hetero) is 1. The molecule has 37 heavy (non-hydrogen) atoms. The Balaban J connectivity index is 1.83. The monoisotopic (exact) mass is 519 g/mol. The topological polar surface area (TPSA) is 108 Å². The van der Waals surface area contributed by atoms with Gasteiger partial charge in [-0.25, -0.2) is 12.7 Å². The van der Waals surface area contributed by atoms with Crippen molar-refractivity contribution in [1.82, 2.24) is 14.2 Å². The highest BCUT2D eigenvalue weighted by Crippen LogP contribution is 2.40. The summed E-state index contributed by atoms with van der Waals surface area (Å²) in [5.74, 6) is -1.59. The minimum absolute atomic E-state index is 0.0468. The van der Waals surface area contributed by atoms with Gasteiger partial charge in [-0.1, -0.05) is 44.2 Å². The predicted octanol–water partition coefficient (Wildman–Crippen LogP) is 4.08. The van der Waals surface area contributed by atoms with Crippen LogP contribution in [0.1, 0.15) is 48.1 Å². The molecule has 1 aromatic heterocycles. The summed E-state index contributed by atoms with van der Waals surface area (Å²) >= 11 is 0. The molecule has 2 heterocycles. The number of ketones is 1. The molecule has 0 aliphatic carbocycles. The number of hydrogen-bond acceptors (Lipinski definition) is 6. The molecule has 1 amide bonds. The fourth-order valence-electron chi connectivity index (χ4n) is 4.29. The molecule has 1 unspecified atom stereocenters. The van der Waals surface area contributed by atoms with Crippen molar-refractivity contribution in [3.63, 3.8) is 0 Å². The first-order chi connectivity index (χ1) is 17.5. The summed E-state index contributed by atoms with van der Waals surface area (Å²) in [4.78, 5) is 32.1. The number of benzene rings is 2. The van der Waals surface area contributed by atoms with Crippen molar-refractivity contribution in [2.24, 2.45) is 0 Å². The van der Waals surface area contributed by atoms with E-state index in [1.165, 1.54) is 43.3 Å². The van der Waals surface area contributed by atoms with E-state index in [1.807, 2.05) is 30.3 Å². The summed E-state index contributed by atoms with van der Waals surface area (Å²) in [7, 11) is -0.810. The molecule has 1 saturated heterocycles. The molecule has 2 aromatic carbocycles. The molecule has 1 fully saturated rings. The maximum Gasteiger partial charge on any atom is 0.295 e. The van der Waals surface area contributed by atoms with Crippen LogP contribution in [0, 0.1) is 0 Å². The van der Waals surface area contributed by atoms with Gasteiger partial charge in [0.1, 0.15) is 5.76 Å². The first-order valence-corrected chi connectivity index (χ1v) is 13.3. The van der Waals surface area contributed by atoms with Gasteiger partial charge in [0.2, 0.25) is 10.0 Å². The fraction of sp³-hybridized carbons (Fsp3) is 0.250. The van der Waals surface area contributed by atoms with Crippen LogP contribution < -0.4 is 0 Å². The molecule has 1 atom stereocenters. The number of aliphatic hydroxyl groups excluding tert-OH is 1. The fourth-order valence-corrected chi connectivity index (χ4v) is 5.19. The largest absolute Gasteiger partial charge is 0.507 e. The summed E-state index contributed by atoms with van der Waals surface area (Å²) in [6.45, 7) is 4.28. The smallest absolute Gasteiger partial charge is 0.295 e. The molecule has 1 N–H and O–H groups in total. The van der Waals surface area contributed by atoms with E-state index in [1.54, 1.807) is 18.5 Å². The number of amides is 1. The van der Waals surface area contributed by atoms with Gasteiger partial charge in [-0.15, -0.1) is 0 Å². The van der Waals surface area contributed by atoms with E-state index in [0.29, 0.717) is 11.5 Å². The average molecular weight is 520 g/mol. The summed E-state index contributed by atoms with van der Waals surface area (Å²) in [6, 6.07) is 16.0. The summed E-state index contributed by atoms with van der Waals surface area (Å²) in [5.41, 5.74) is 2.72. The molecular weight excluding hydrogens is 490 g/mol. The first kappa shape index (κ1) is 26.2. The Morgan fingerprint density at radius 2 is 1.68 bits per heavy atom. The zero-order valence-electron chi connectivity index (χ0n) is 21.1. The van der Waals surface area contributed by atoms with E-state index in [4.69, 9.17) is 0 Å². The molecule has 9 heteroatoms. The van der Waals surface area contributed by atoms with Crippen LogP contribution in [0.5, 0.6) is 0 Å². The van der Waals surface area contributed by atoms with Gasteiger partial charge in [-0.2, -0.15) is 0 Å². The maximum absolute atomic E-state index is 13.3. The molecular formula is C28H29N3O5S. The number of sulfonamides is 1. The quantitative estimate of drug-likeness (QED) is 0.286. The van der Waals surface area contributed by atoms with E-state index in [0.717, 1.165) is 15.4 Å². The first-order valence-electron chi connectivity index (χ1n) is 11.8. The van der Waals surface area contributed by atoms with Gasteiger partial charge in [0, 0.05) is 38.6 Å². The van der Waals surface area contributed by atoms with E-state index >= 15 is 0 Å². The Bertz CT molecular complexity index is 1450. The number of aliphatic hydroxyl groups is 1. The molecule has 0 saturated carbocycles. The molecule has 8 nitrogen and oxygen atoms in total. The highest BCUT2D eigenvalue weighted by atomic mass is 32.2. The highest BCUT2D eigenvalue weighted by molar-refractivity contribution is 7.89. The number of hydrogen-bond donors (Lipinski definition) is 1. The molecule has 3 aromatic rings. The van der Waals surface area contributed by atoms with Gasteiger partial charge >= 0.3 is 0 Å². The summed E-state index contributed by atoms with van der Waals surface area (Å²) in [6.07, 6.45) is 3.25. The van der Waals surface area contributed by atoms with Crippen molar-refractivity contribution in [1.29, 1.82) is 0 Å². The lowest BCUT2D eigenvalue weighted by Crippen LogP contribution is -2.29. The zero-order chi connectivity index (χ0) is 26.9. The lowest BCUT2D eigenvalue weighted by atomic mass is 9.93. The van der Waals surface area contributed by atoms with Gasteiger partial charge in [0.25, 0.3) is 11.7 Å². The van der Waals surface area contributed by atoms with E-state index in [2.05, 4.69) is 18.8 Å². The van der Waals surface area contributed by atoms with Gasteiger partial charge in [-0.05, 0) is 52.9 Å². The van der Waals surface area contributed by atoms with Crippen LogP contribution in [0.3, 0.4) is 0 Å². The van der Waals surface area contributed by atoms with Crippen LogP contribution in [0.15, 0.2) is 83.5 Å². The van der Waals surface area contributed by atoms with Crippen molar-refractivity contribution < 1.29 is 23.1 Å². The minimum Gasteiger partial charge on any atom is -0.507 e. The Labute approximate surface area is 216 Å². The maximum atomic E-state index is 13.3. The molecule has 1 aliphatic rings. The Morgan fingerprint density at radius 1 is 1.03 bits per heavy atom. The van der Waals surface area contributed by atoms with Crippen LogP contribution in [0.2, 0.25) is 0 Å². The number of carbonyl (C=O) groups is 2. The number of carbonyl (C=O) groups excluding carboxylic acids is 2. The lowest BCUT2D eigenvalue weighted by molar-refractivity contribution is -0.140. The average Bonchev–Trinajstić information content (AvgIpc) is 3.13. The summed E-state index contributed by atoms with van der Waals surface area (Å²) in [5, 5.41) is 11.3. The second kappa shape index (κ2) is 10.3. The highest BCUT2D eigenvalue weighted by Gasteiger charge is 2.46. The summed E-state index contributed by atoms with van der Waals surface area (Å²) < 4.78 is 26.0. The van der Waals surface area contributed by atoms with Crippen molar-refractivity contribution in [2.75, 3.05) is 14.1 Å². The molecule has 0 spiro atoms. The Morgan fingerprint density at radius 3 is 2.22 bits per heavy atom. The van der Waals surface area contributed by atoms with Crippen molar-refractivity contribution in [2.45, 2.75) is 37.2 Å². The lowest BCUT2D eigenvalue weighted by Gasteiger charge is -2.25. The molecule has 1 aliphatic heterocycles. The second-order valence-corrected chi connectivity index (χ2v) is 11.6. The third-order valence-corrected chi connectivity index (χ3v) is 8.27. The van der Waals surface area contributed by atoms with Crippen LogP contribution in [-0.2, 0) is 26.2 Å². The molecule has 0 radical (unpaired) electrons. The second-order valence-electron chi connectivity index (χ2n) is 9.42. The number of nitrogens with zero attached hydrogens (tertiary/aromatic N) is 3.